The molecule has 0 aliphatic carbocycles. The smallest absolute Gasteiger partial charge is 0.254 e. The Bertz CT molecular complexity index is 506. The first-order chi connectivity index (χ1) is 9.78. The molecule has 1 amide bonds. The van der Waals surface area contributed by atoms with Crippen molar-refractivity contribution < 1.29 is 19.0 Å². The number of amides is 1. The SMILES string of the molecule is NC[C@@H]1CN(C(=O)c2ccc3c(c2)OCCO3)CCO1. The average Bonchev–Trinajstić information content (AvgIpc) is 2.53. The third-order valence-corrected chi connectivity index (χ3v) is 3.48. The van der Waals surface area contributed by atoms with Crippen LogP contribution in [0.1, 0.15) is 10.4 Å². The van der Waals surface area contributed by atoms with E-state index in [0.717, 1.165) is 0 Å². The molecule has 2 heterocycles. The van der Waals surface area contributed by atoms with E-state index >= 15 is 0 Å². The van der Waals surface area contributed by atoms with E-state index in [1.807, 2.05) is 0 Å². The van der Waals surface area contributed by atoms with Crippen molar-refractivity contribution in [2.24, 2.45) is 5.73 Å². The summed E-state index contributed by atoms with van der Waals surface area (Å²) in [5.41, 5.74) is 6.20. The fourth-order valence-electron chi connectivity index (χ4n) is 2.41. The zero-order chi connectivity index (χ0) is 13.9. The number of hydrogen-bond donors (Lipinski definition) is 1. The lowest BCUT2D eigenvalue weighted by atomic mass is 10.1. The highest BCUT2D eigenvalue weighted by Crippen LogP contribution is 2.31. The van der Waals surface area contributed by atoms with Crippen molar-refractivity contribution in [3.8, 4) is 11.5 Å². The van der Waals surface area contributed by atoms with Crippen LogP contribution >= 0.6 is 0 Å². The minimum Gasteiger partial charge on any atom is -0.486 e. The summed E-state index contributed by atoms with van der Waals surface area (Å²) in [7, 11) is 0. The van der Waals surface area contributed by atoms with Gasteiger partial charge in [-0.1, -0.05) is 0 Å². The second kappa shape index (κ2) is 5.68. The van der Waals surface area contributed by atoms with Crippen LogP contribution in [-0.4, -0.2) is 56.4 Å². The minimum absolute atomic E-state index is 0.0243. The number of fused-ring (bicyclic) bond motifs is 1. The van der Waals surface area contributed by atoms with Crippen molar-refractivity contribution in [2.75, 3.05) is 39.5 Å². The average molecular weight is 278 g/mol. The number of ether oxygens (including phenoxy) is 3. The van der Waals surface area contributed by atoms with Crippen molar-refractivity contribution in [3.63, 3.8) is 0 Å². The van der Waals surface area contributed by atoms with Crippen LogP contribution in [0.4, 0.5) is 0 Å². The number of hydrogen-bond acceptors (Lipinski definition) is 5. The molecule has 1 aromatic carbocycles. The molecule has 0 aromatic heterocycles. The zero-order valence-electron chi connectivity index (χ0n) is 11.2. The molecule has 2 aliphatic rings. The number of morpholine rings is 1. The van der Waals surface area contributed by atoms with Crippen LogP contribution < -0.4 is 15.2 Å². The maximum atomic E-state index is 12.5. The lowest BCUT2D eigenvalue weighted by molar-refractivity contribution is -0.0167. The molecule has 1 saturated heterocycles. The van der Waals surface area contributed by atoms with E-state index in [2.05, 4.69) is 0 Å². The van der Waals surface area contributed by atoms with Crippen LogP contribution in [0, 0.1) is 0 Å². The Balaban J connectivity index is 1.76. The van der Waals surface area contributed by atoms with E-state index in [4.69, 9.17) is 19.9 Å². The molecule has 20 heavy (non-hydrogen) atoms. The molecule has 6 heteroatoms. The second-order valence-electron chi connectivity index (χ2n) is 4.84. The first-order valence-electron chi connectivity index (χ1n) is 6.78. The highest BCUT2D eigenvalue weighted by Gasteiger charge is 2.25. The van der Waals surface area contributed by atoms with E-state index < -0.39 is 0 Å². The van der Waals surface area contributed by atoms with E-state index in [9.17, 15) is 4.79 Å². The van der Waals surface area contributed by atoms with Gasteiger partial charge in [0, 0.05) is 25.2 Å². The third-order valence-electron chi connectivity index (χ3n) is 3.48. The molecule has 6 nitrogen and oxygen atoms in total. The van der Waals surface area contributed by atoms with Crippen LogP contribution in [0.3, 0.4) is 0 Å². The quantitative estimate of drug-likeness (QED) is 0.840. The zero-order valence-corrected chi connectivity index (χ0v) is 11.2. The van der Waals surface area contributed by atoms with Gasteiger partial charge in [0.05, 0.1) is 12.7 Å². The largest absolute Gasteiger partial charge is 0.486 e. The topological polar surface area (TPSA) is 74.0 Å². The van der Waals surface area contributed by atoms with E-state index in [0.29, 0.717) is 56.5 Å². The summed E-state index contributed by atoms with van der Waals surface area (Å²) in [4.78, 5) is 14.3. The van der Waals surface area contributed by atoms with Gasteiger partial charge in [0.1, 0.15) is 13.2 Å². The van der Waals surface area contributed by atoms with Crippen molar-refractivity contribution in [2.45, 2.75) is 6.10 Å². The fourth-order valence-corrected chi connectivity index (χ4v) is 2.41. The number of nitrogens with zero attached hydrogens (tertiary/aromatic N) is 1. The Kier molecular flexibility index (Phi) is 3.75. The first kappa shape index (κ1) is 13.2. The maximum absolute atomic E-state index is 12.5. The van der Waals surface area contributed by atoms with Gasteiger partial charge in [-0.25, -0.2) is 0 Å². The monoisotopic (exact) mass is 278 g/mol. The molecular formula is C14H18N2O4. The predicted octanol–water partition coefficient (Wildman–Crippen LogP) is 0.257. The minimum atomic E-state index is -0.0788. The van der Waals surface area contributed by atoms with Crippen molar-refractivity contribution in [1.82, 2.24) is 4.90 Å². The Morgan fingerprint density at radius 2 is 2.05 bits per heavy atom. The van der Waals surface area contributed by atoms with Crippen LogP contribution in [0.2, 0.25) is 0 Å². The lowest BCUT2D eigenvalue weighted by Gasteiger charge is -2.32. The number of benzene rings is 1. The van der Waals surface area contributed by atoms with Gasteiger partial charge in [-0.05, 0) is 18.2 Å². The molecule has 0 spiro atoms. The molecule has 0 saturated carbocycles. The van der Waals surface area contributed by atoms with Gasteiger partial charge < -0.3 is 24.8 Å². The van der Waals surface area contributed by atoms with Gasteiger partial charge in [0.25, 0.3) is 5.91 Å². The van der Waals surface area contributed by atoms with Crippen LogP contribution in [-0.2, 0) is 4.74 Å². The van der Waals surface area contributed by atoms with Crippen molar-refractivity contribution in [1.29, 1.82) is 0 Å². The normalized spacial score (nSPS) is 21.6. The molecule has 108 valence electrons. The highest BCUT2D eigenvalue weighted by molar-refractivity contribution is 5.95. The molecule has 1 fully saturated rings. The van der Waals surface area contributed by atoms with Crippen LogP contribution in [0.5, 0.6) is 11.5 Å². The summed E-state index contributed by atoms with van der Waals surface area (Å²) >= 11 is 0. The fraction of sp³-hybridized carbons (Fsp3) is 0.500. The lowest BCUT2D eigenvalue weighted by Crippen LogP contribution is -2.48. The predicted molar refractivity (Wildman–Crippen MR) is 72.1 cm³/mol. The third kappa shape index (κ3) is 2.57. The van der Waals surface area contributed by atoms with Crippen molar-refractivity contribution in [3.05, 3.63) is 23.8 Å². The molecule has 1 atom stereocenters. The molecule has 1 aromatic rings. The van der Waals surface area contributed by atoms with Gasteiger partial charge >= 0.3 is 0 Å². The molecule has 0 radical (unpaired) electrons. The molecular weight excluding hydrogens is 260 g/mol. The Hall–Kier alpha value is -1.79. The highest BCUT2D eigenvalue weighted by atomic mass is 16.6. The van der Waals surface area contributed by atoms with Gasteiger partial charge in [-0.2, -0.15) is 0 Å². The first-order valence-corrected chi connectivity index (χ1v) is 6.78. The van der Waals surface area contributed by atoms with Gasteiger partial charge in [-0.15, -0.1) is 0 Å². The van der Waals surface area contributed by atoms with E-state index in [-0.39, 0.29) is 12.0 Å². The number of nitrogens with two attached hydrogens (primary N) is 1. The Morgan fingerprint density at radius 3 is 2.85 bits per heavy atom. The molecule has 2 N–H and O–H groups in total. The summed E-state index contributed by atoms with van der Waals surface area (Å²) in [6.45, 7) is 3.12. The Labute approximate surface area is 117 Å². The van der Waals surface area contributed by atoms with Crippen molar-refractivity contribution >= 4 is 5.91 Å². The maximum Gasteiger partial charge on any atom is 0.254 e. The van der Waals surface area contributed by atoms with Gasteiger partial charge in [0.2, 0.25) is 0 Å². The Morgan fingerprint density at radius 1 is 1.25 bits per heavy atom. The number of carbonyl (C=O) groups is 1. The van der Waals surface area contributed by atoms with E-state index in [1.54, 1.807) is 23.1 Å². The standard InChI is InChI=1S/C14H18N2O4/c15-8-11-9-16(3-4-18-11)14(17)10-1-2-12-13(7-10)20-6-5-19-12/h1-2,7,11H,3-6,8-9,15H2/t11-/m1/s1. The second-order valence-corrected chi connectivity index (χ2v) is 4.84. The molecule has 3 rings (SSSR count). The summed E-state index contributed by atoms with van der Waals surface area (Å²) in [5, 5.41) is 0. The summed E-state index contributed by atoms with van der Waals surface area (Å²) in [6, 6.07) is 5.29. The van der Waals surface area contributed by atoms with Crippen LogP contribution in [0.25, 0.3) is 0 Å². The summed E-state index contributed by atoms with van der Waals surface area (Å²) in [6.07, 6.45) is -0.0788. The van der Waals surface area contributed by atoms with Crippen LogP contribution in [0.15, 0.2) is 18.2 Å². The van der Waals surface area contributed by atoms with Gasteiger partial charge in [-0.3, -0.25) is 4.79 Å². The number of carbonyl (C=O) groups excluding carboxylic acids is 1. The summed E-state index contributed by atoms with van der Waals surface area (Å²) in [5.74, 6) is 1.30. The number of rotatable bonds is 2. The molecule has 0 bridgehead atoms. The van der Waals surface area contributed by atoms with Gasteiger partial charge in [0.15, 0.2) is 11.5 Å². The molecule has 0 unspecified atom stereocenters. The summed E-state index contributed by atoms with van der Waals surface area (Å²) < 4.78 is 16.4. The molecule has 2 aliphatic heterocycles. The van der Waals surface area contributed by atoms with E-state index in [1.165, 1.54) is 0 Å².